The van der Waals surface area contributed by atoms with E-state index in [1.165, 1.54) is 0 Å². The highest BCUT2D eigenvalue weighted by Crippen LogP contribution is 2.25. The van der Waals surface area contributed by atoms with E-state index < -0.39 is 0 Å². The van der Waals surface area contributed by atoms with Gasteiger partial charge in [-0.3, -0.25) is 4.79 Å². The fourth-order valence-corrected chi connectivity index (χ4v) is 3.23. The highest BCUT2D eigenvalue weighted by molar-refractivity contribution is 6.05. The van der Waals surface area contributed by atoms with Gasteiger partial charge < -0.3 is 14.5 Å². The number of hydrogen-bond acceptors (Lipinski definition) is 3. The van der Waals surface area contributed by atoms with E-state index in [1.54, 1.807) is 4.90 Å². The van der Waals surface area contributed by atoms with Crippen molar-refractivity contribution in [1.29, 1.82) is 0 Å². The van der Waals surface area contributed by atoms with Crippen molar-refractivity contribution in [2.75, 3.05) is 32.1 Å². The van der Waals surface area contributed by atoms with Gasteiger partial charge in [-0.1, -0.05) is 42.0 Å². The fourth-order valence-electron chi connectivity index (χ4n) is 3.23. The zero-order valence-corrected chi connectivity index (χ0v) is 15.7. The Morgan fingerprint density at radius 1 is 1.15 bits per heavy atom. The van der Waals surface area contributed by atoms with Gasteiger partial charge in [-0.25, -0.2) is 0 Å². The van der Waals surface area contributed by atoms with E-state index in [-0.39, 0.29) is 5.91 Å². The Kier molecular flexibility index (Phi) is 5.74. The van der Waals surface area contributed by atoms with Crippen LogP contribution in [0.15, 0.2) is 65.7 Å². The average Bonchev–Trinajstić information content (AvgIpc) is 2.66. The minimum Gasteiger partial charge on any atom is -0.489 e. The number of amides is 1. The van der Waals surface area contributed by atoms with Crippen molar-refractivity contribution in [3.8, 4) is 5.75 Å². The lowest BCUT2D eigenvalue weighted by atomic mass is 10.00. The maximum absolute atomic E-state index is 12.9. The molecule has 3 rings (SSSR count). The second kappa shape index (κ2) is 8.19. The van der Waals surface area contributed by atoms with Crippen LogP contribution in [0, 0.1) is 0 Å². The van der Waals surface area contributed by atoms with E-state index in [0.717, 1.165) is 47.7 Å². The van der Waals surface area contributed by atoms with Crippen LogP contribution in [0.2, 0.25) is 0 Å². The van der Waals surface area contributed by atoms with E-state index in [0.29, 0.717) is 6.61 Å². The maximum atomic E-state index is 12.9. The Balaban J connectivity index is 1.71. The van der Waals surface area contributed by atoms with Crippen molar-refractivity contribution >= 4 is 11.6 Å². The molecule has 136 valence electrons. The molecule has 1 aliphatic rings. The molecule has 0 atom stereocenters. The van der Waals surface area contributed by atoms with Crippen LogP contribution < -0.4 is 9.64 Å². The summed E-state index contributed by atoms with van der Waals surface area (Å²) in [5.41, 5.74) is 4.06. The highest BCUT2D eigenvalue weighted by Gasteiger charge is 2.22. The number of rotatable bonds is 5. The number of benzene rings is 2. The molecule has 0 radical (unpaired) electrons. The van der Waals surface area contributed by atoms with Crippen LogP contribution in [0.1, 0.15) is 18.9 Å². The van der Waals surface area contributed by atoms with Crippen LogP contribution in [0.4, 0.5) is 5.69 Å². The lowest BCUT2D eigenvalue weighted by Gasteiger charge is -2.28. The summed E-state index contributed by atoms with van der Waals surface area (Å²) >= 11 is 0. The van der Waals surface area contributed by atoms with Crippen molar-refractivity contribution in [2.45, 2.75) is 20.0 Å². The fraction of sp³-hybridized carbons (Fsp3) is 0.318. The van der Waals surface area contributed by atoms with E-state index in [9.17, 15) is 4.79 Å². The molecule has 4 nitrogen and oxygen atoms in total. The second-order valence-corrected chi connectivity index (χ2v) is 6.88. The van der Waals surface area contributed by atoms with Gasteiger partial charge in [0.05, 0.1) is 0 Å². The summed E-state index contributed by atoms with van der Waals surface area (Å²) in [7, 11) is 3.92. The third kappa shape index (κ3) is 4.33. The Bertz CT molecular complexity index is 799. The molecule has 0 bridgehead atoms. The lowest BCUT2D eigenvalue weighted by Crippen LogP contribution is -2.35. The Hall–Kier alpha value is -2.59. The van der Waals surface area contributed by atoms with Gasteiger partial charge in [0, 0.05) is 37.5 Å². The van der Waals surface area contributed by atoms with Crippen LogP contribution in [0.5, 0.6) is 5.75 Å². The topological polar surface area (TPSA) is 32.8 Å². The largest absolute Gasteiger partial charge is 0.489 e. The smallest absolute Gasteiger partial charge is 0.253 e. The minimum atomic E-state index is 0.0795. The van der Waals surface area contributed by atoms with Gasteiger partial charge in [0.2, 0.25) is 0 Å². The van der Waals surface area contributed by atoms with Crippen molar-refractivity contribution in [1.82, 2.24) is 4.90 Å². The lowest BCUT2D eigenvalue weighted by molar-refractivity contribution is -0.115. The molecule has 0 aliphatic carbocycles. The molecule has 0 N–H and O–H groups in total. The first kappa shape index (κ1) is 18.2. The normalized spacial score (nSPS) is 15.0. The van der Waals surface area contributed by atoms with Gasteiger partial charge in [0.25, 0.3) is 5.91 Å². The number of ether oxygens (including phenoxy) is 1. The molecule has 0 spiro atoms. The first-order valence-corrected chi connectivity index (χ1v) is 8.96. The molecule has 26 heavy (non-hydrogen) atoms. The molecule has 0 saturated heterocycles. The number of likely N-dealkylation sites (N-methyl/N-ethyl adjacent to an activating group) is 2. The molecule has 0 fully saturated rings. The molecule has 2 aromatic carbocycles. The van der Waals surface area contributed by atoms with Gasteiger partial charge in [0.1, 0.15) is 12.4 Å². The molecule has 0 unspecified atom stereocenters. The summed E-state index contributed by atoms with van der Waals surface area (Å²) in [4.78, 5) is 16.9. The van der Waals surface area contributed by atoms with Crippen molar-refractivity contribution < 1.29 is 9.53 Å². The summed E-state index contributed by atoms with van der Waals surface area (Å²) in [6.07, 6.45) is 0.801. The number of carbonyl (C=O) groups excluding carboxylic acids is 1. The van der Waals surface area contributed by atoms with Crippen LogP contribution in [0.25, 0.3) is 0 Å². The number of anilines is 1. The summed E-state index contributed by atoms with van der Waals surface area (Å²) in [6.45, 7) is 4.34. The predicted molar refractivity (Wildman–Crippen MR) is 105 cm³/mol. The van der Waals surface area contributed by atoms with E-state index >= 15 is 0 Å². The quantitative estimate of drug-likeness (QED) is 0.820. The van der Waals surface area contributed by atoms with E-state index in [1.807, 2.05) is 61.6 Å². The number of nitrogens with zero attached hydrogens (tertiary/aromatic N) is 2. The van der Waals surface area contributed by atoms with Gasteiger partial charge in [0.15, 0.2) is 0 Å². The van der Waals surface area contributed by atoms with Gasteiger partial charge in [-0.05, 0) is 38.1 Å². The van der Waals surface area contributed by atoms with Crippen LogP contribution in [-0.2, 0) is 11.4 Å². The predicted octanol–water partition coefficient (Wildman–Crippen LogP) is 3.88. The molecule has 1 amide bonds. The molecule has 1 heterocycles. The summed E-state index contributed by atoms with van der Waals surface area (Å²) in [5.74, 6) is 0.843. The number of carbonyl (C=O) groups is 1. The van der Waals surface area contributed by atoms with E-state index in [4.69, 9.17) is 4.74 Å². The van der Waals surface area contributed by atoms with Gasteiger partial charge in [-0.15, -0.1) is 0 Å². The molecule has 1 aliphatic heterocycles. The standard InChI is InChI=1S/C22H26N2O2/c1-17-15-23(2)13-12-21(17)22(25)24(3)19-10-7-11-20(14-19)26-16-18-8-5-4-6-9-18/h4-11,14H,12-13,15-16H2,1-3H3. The van der Waals surface area contributed by atoms with Crippen LogP contribution in [0.3, 0.4) is 0 Å². The Morgan fingerprint density at radius 3 is 2.65 bits per heavy atom. The molecule has 0 saturated carbocycles. The minimum absolute atomic E-state index is 0.0795. The summed E-state index contributed by atoms with van der Waals surface area (Å²) < 4.78 is 5.89. The van der Waals surface area contributed by atoms with Crippen molar-refractivity contribution in [3.05, 3.63) is 71.3 Å². The Morgan fingerprint density at radius 2 is 1.92 bits per heavy atom. The third-order valence-electron chi connectivity index (χ3n) is 4.78. The van der Waals surface area contributed by atoms with E-state index in [2.05, 4.69) is 18.9 Å². The second-order valence-electron chi connectivity index (χ2n) is 6.88. The molecule has 2 aromatic rings. The zero-order chi connectivity index (χ0) is 18.5. The summed E-state index contributed by atoms with van der Waals surface area (Å²) in [5, 5.41) is 0. The van der Waals surface area contributed by atoms with Gasteiger partial charge >= 0.3 is 0 Å². The molecular weight excluding hydrogens is 324 g/mol. The summed E-state index contributed by atoms with van der Waals surface area (Å²) in [6, 6.07) is 17.8. The first-order valence-electron chi connectivity index (χ1n) is 8.96. The SMILES string of the molecule is CC1=C(C(=O)N(C)c2cccc(OCc3ccccc3)c2)CCN(C)C1. The highest BCUT2D eigenvalue weighted by atomic mass is 16.5. The molecule has 0 aromatic heterocycles. The zero-order valence-electron chi connectivity index (χ0n) is 15.7. The third-order valence-corrected chi connectivity index (χ3v) is 4.78. The maximum Gasteiger partial charge on any atom is 0.253 e. The van der Waals surface area contributed by atoms with Crippen LogP contribution >= 0.6 is 0 Å². The van der Waals surface area contributed by atoms with Crippen molar-refractivity contribution in [2.24, 2.45) is 0 Å². The number of hydrogen-bond donors (Lipinski definition) is 0. The van der Waals surface area contributed by atoms with Crippen molar-refractivity contribution in [3.63, 3.8) is 0 Å². The molecular formula is C22H26N2O2. The molecule has 4 heteroatoms. The average molecular weight is 350 g/mol. The monoisotopic (exact) mass is 350 g/mol. The van der Waals surface area contributed by atoms with Gasteiger partial charge in [-0.2, -0.15) is 0 Å². The van der Waals surface area contributed by atoms with Crippen LogP contribution in [-0.4, -0.2) is 38.0 Å². The first-order chi connectivity index (χ1) is 12.5. The Labute approximate surface area is 155 Å².